The molecule has 19 heavy (non-hydrogen) atoms. The Balaban J connectivity index is 2.49. The van der Waals surface area contributed by atoms with E-state index in [1.807, 2.05) is 32.9 Å². The van der Waals surface area contributed by atoms with Crippen LogP contribution >= 0.6 is 0 Å². The molecule has 4 heteroatoms. The van der Waals surface area contributed by atoms with Gasteiger partial charge in [0.05, 0.1) is 0 Å². The van der Waals surface area contributed by atoms with Gasteiger partial charge in [0.15, 0.2) is 5.78 Å². The molecule has 0 saturated heterocycles. The highest BCUT2D eigenvalue weighted by Gasteiger charge is 2.21. The molecule has 4 nitrogen and oxygen atoms in total. The molecular formula is C15H21NO3. The zero-order chi connectivity index (χ0) is 14.5. The minimum Gasteiger partial charge on any atom is -0.486 e. The van der Waals surface area contributed by atoms with Crippen molar-refractivity contribution in [3.05, 3.63) is 29.8 Å². The topological polar surface area (TPSA) is 55.4 Å². The summed E-state index contributed by atoms with van der Waals surface area (Å²) in [4.78, 5) is 22.5. The number of carbonyl (C=O) groups excluding carboxylic acids is 2. The van der Waals surface area contributed by atoms with Crippen LogP contribution in [-0.2, 0) is 16.1 Å². The molecule has 1 aromatic carbocycles. The first-order valence-corrected chi connectivity index (χ1v) is 6.28. The van der Waals surface area contributed by atoms with Crippen molar-refractivity contribution < 1.29 is 14.3 Å². The van der Waals surface area contributed by atoms with E-state index in [0.717, 1.165) is 5.56 Å². The molecule has 1 N–H and O–H groups in total. The highest BCUT2D eigenvalue weighted by atomic mass is 16.5. The number of amides is 1. The molecule has 1 amide bonds. The second-order valence-corrected chi connectivity index (χ2v) is 5.52. The van der Waals surface area contributed by atoms with Crippen LogP contribution in [-0.4, -0.2) is 18.3 Å². The van der Waals surface area contributed by atoms with Crippen LogP contribution < -0.4 is 10.1 Å². The molecule has 0 fully saturated rings. The maximum Gasteiger partial charge on any atom is 0.217 e. The fourth-order valence-corrected chi connectivity index (χ4v) is 1.30. The van der Waals surface area contributed by atoms with Crippen LogP contribution in [0.2, 0.25) is 0 Å². The van der Waals surface area contributed by atoms with Crippen LogP contribution in [0.5, 0.6) is 5.75 Å². The van der Waals surface area contributed by atoms with Gasteiger partial charge in [-0.15, -0.1) is 0 Å². The molecule has 0 aliphatic carbocycles. The first-order chi connectivity index (χ1) is 8.79. The number of benzene rings is 1. The molecule has 1 aromatic rings. The maximum absolute atomic E-state index is 11.7. The number of ether oxygens (including phenoxy) is 1. The lowest BCUT2D eigenvalue weighted by Gasteiger charge is -2.16. The Morgan fingerprint density at radius 1 is 1.16 bits per heavy atom. The number of nitrogens with one attached hydrogen (secondary N) is 1. The quantitative estimate of drug-likeness (QED) is 0.887. The van der Waals surface area contributed by atoms with Crippen molar-refractivity contribution in [3.8, 4) is 5.75 Å². The molecule has 0 bridgehead atoms. The minimum atomic E-state index is -0.384. The van der Waals surface area contributed by atoms with Crippen LogP contribution in [0.1, 0.15) is 33.3 Å². The van der Waals surface area contributed by atoms with Gasteiger partial charge in [-0.05, 0) is 17.7 Å². The Hall–Kier alpha value is -1.84. The predicted octanol–water partition coefficient (Wildman–Crippen LogP) is 2.32. The van der Waals surface area contributed by atoms with E-state index in [1.54, 1.807) is 12.1 Å². The number of Topliss-reactive ketones (excluding diaryl/α,β-unsaturated/α-hetero) is 1. The van der Waals surface area contributed by atoms with Gasteiger partial charge in [-0.1, -0.05) is 32.9 Å². The summed E-state index contributed by atoms with van der Waals surface area (Å²) in [6.07, 6.45) is 0. The predicted molar refractivity (Wildman–Crippen MR) is 73.9 cm³/mol. The Bertz CT molecular complexity index is 443. The molecule has 0 aliphatic rings. The molecular weight excluding hydrogens is 242 g/mol. The van der Waals surface area contributed by atoms with Gasteiger partial charge in [-0.3, -0.25) is 9.59 Å². The Morgan fingerprint density at radius 2 is 1.74 bits per heavy atom. The lowest BCUT2D eigenvalue weighted by atomic mass is 9.91. The maximum atomic E-state index is 11.7. The SMILES string of the molecule is CC(=O)NCc1ccc(OCC(=O)C(C)(C)C)cc1. The molecule has 1 rings (SSSR count). The lowest BCUT2D eigenvalue weighted by molar-refractivity contribution is -0.128. The fourth-order valence-electron chi connectivity index (χ4n) is 1.30. The summed E-state index contributed by atoms with van der Waals surface area (Å²) in [5.41, 5.74) is 0.607. The summed E-state index contributed by atoms with van der Waals surface area (Å²) < 4.78 is 5.44. The fraction of sp³-hybridized carbons (Fsp3) is 0.467. The number of carbonyl (C=O) groups is 2. The van der Waals surface area contributed by atoms with Crippen LogP contribution in [0.4, 0.5) is 0 Å². The van der Waals surface area contributed by atoms with Crippen molar-refractivity contribution in [3.63, 3.8) is 0 Å². The third kappa shape index (κ3) is 5.55. The van der Waals surface area contributed by atoms with E-state index in [4.69, 9.17) is 4.74 Å². The Morgan fingerprint density at radius 3 is 2.21 bits per heavy atom. The molecule has 0 radical (unpaired) electrons. The number of hydrogen-bond donors (Lipinski definition) is 1. The van der Waals surface area contributed by atoms with Crippen LogP contribution in [0.25, 0.3) is 0 Å². The summed E-state index contributed by atoms with van der Waals surface area (Å²) in [7, 11) is 0. The molecule has 0 atom stereocenters. The second-order valence-electron chi connectivity index (χ2n) is 5.52. The molecule has 104 valence electrons. The number of ketones is 1. The monoisotopic (exact) mass is 263 g/mol. The summed E-state index contributed by atoms with van der Waals surface area (Å²) in [5, 5.41) is 2.72. The van der Waals surface area contributed by atoms with E-state index >= 15 is 0 Å². The van der Waals surface area contributed by atoms with Gasteiger partial charge in [0.2, 0.25) is 5.91 Å². The number of hydrogen-bond acceptors (Lipinski definition) is 3. The summed E-state index contributed by atoms with van der Waals surface area (Å²) >= 11 is 0. The van der Waals surface area contributed by atoms with Crippen LogP contribution in [0.15, 0.2) is 24.3 Å². The van der Waals surface area contributed by atoms with Gasteiger partial charge < -0.3 is 10.1 Å². The highest BCUT2D eigenvalue weighted by molar-refractivity contribution is 5.85. The number of rotatable bonds is 5. The second kappa shape index (κ2) is 6.36. The normalized spacial score (nSPS) is 10.9. The first kappa shape index (κ1) is 15.2. The molecule has 0 aliphatic heterocycles. The van der Waals surface area contributed by atoms with Crippen molar-refractivity contribution in [2.45, 2.75) is 34.2 Å². The van der Waals surface area contributed by atoms with Gasteiger partial charge in [0, 0.05) is 18.9 Å². The largest absolute Gasteiger partial charge is 0.486 e. The molecule has 0 unspecified atom stereocenters. The van der Waals surface area contributed by atoms with Gasteiger partial charge >= 0.3 is 0 Å². The van der Waals surface area contributed by atoms with E-state index in [1.165, 1.54) is 6.92 Å². The molecule has 0 saturated carbocycles. The van der Waals surface area contributed by atoms with E-state index < -0.39 is 0 Å². The summed E-state index contributed by atoms with van der Waals surface area (Å²) in [5.74, 6) is 0.662. The van der Waals surface area contributed by atoms with Gasteiger partial charge in [0.1, 0.15) is 12.4 Å². The average Bonchev–Trinajstić information content (AvgIpc) is 2.33. The third-order valence-corrected chi connectivity index (χ3v) is 2.67. The van der Waals surface area contributed by atoms with Gasteiger partial charge in [-0.25, -0.2) is 0 Å². The van der Waals surface area contributed by atoms with Crippen molar-refractivity contribution in [2.75, 3.05) is 6.61 Å². The lowest BCUT2D eigenvalue weighted by Crippen LogP contribution is -2.26. The van der Waals surface area contributed by atoms with Crippen molar-refractivity contribution in [1.82, 2.24) is 5.32 Å². The van der Waals surface area contributed by atoms with E-state index in [9.17, 15) is 9.59 Å². The minimum absolute atomic E-state index is 0.0592. The van der Waals surface area contributed by atoms with Gasteiger partial charge in [-0.2, -0.15) is 0 Å². The average molecular weight is 263 g/mol. The van der Waals surface area contributed by atoms with E-state index in [0.29, 0.717) is 12.3 Å². The molecule has 0 heterocycles. The standard InChI is InChI=1S/C15H21NO3/c1-11(17)16-9-12-5-7-13(8-6-12)19-10-14(18)15(2,3)4/h5-8H,9-10H2,1-4H3,(H,16,17). The smallest absolute Gasteiger partial charge is 0.217 e. The highest BCUT2D eigenvalue weighted by Crippen LogP contribution is 2.17. The van der Waals surface area contributed by atoms with Crippen LogP contribution in [0, 0.1) is 5.41 Å². The Labute approximate surface area is 114 Å². The zero-order valence-corrected chi connectivity index (χ0v) is 11.9. The van der Waals surface area contributed by atoms with Crippen molar-refractivity contribution in [1.29, 1.82) is 0 Å². The van der Waals surface area contributed by atoms with Crippen molar-refractivity contribution >= 4 is 11.7 Å². The van der Waals surface area contributed by atoms with Crippen LogP contribution in [0.3, 0.4) is 0 Å². The first-order valence-electron chi connectivity index (χ1n) is 6.28. The van der Waals surface area contributed by atoms with Gasteiger partial charge in [0.25, 0.3) is 0 Å². The third-order valence-electron chi connectivity index (χ3n) is 2.67. The summed E-state index contributed by atoms with van der Waals surface area (Å²) in [6, 6.07) is 7.33. The Kier molecular flexibility index (Phi) is 5.10. The zero-order valence-electron chi connectivity index (χ0n) is 11.9. The van der Waals surface area contributed by atoms with Crippen molar-refractivity contribution in [2.24, 2.45) is 5.41 Å². The molecule has 0 spiro atoms. The molecule has 0 aromatic heterocycles. The summed E-state index contributed by atoms with van der Waals surface area (Å²) in [6.45, 7) is 7.67. The van der Waals surface area contributed by atoms with E-state index in [2.05, 4.69) is 5.32 Å². The van der Waals surface area contributed by atoms with E-state index in [-0.39, 0.29) is 23.7 Å².